The highest BCUT2D eigenvalue weighted by atomic mass is 16.7. The third-order valence-corrected chi connectivity index (χ3v) is 12.3. The molecule has 0 spiro atoms. The van der Waals surface area contributed by atoms with E-state index in [1.807, 2.05) is 0 Å². The van der Waals surface area contributed by atoms with Gasteiger partial charge in [-0.1, -0.05) is 169 Å². The lowest BCUT2D eigenvalue weighted by molar-refractivity contribution is -0.359. The van der Waals surface area contributed by atoms with Crippen LogP contribution >= 0.6 is 0 Å². The number of carbonyl (C=O) groups excluding carboxylic acids is 1. The second-order valence-electron chi connectivity index (χ2n) is 18.3. The number of amides is 1. The lowest BCUT2D eigenvalue weighted by Crippen LogP contribution is -2.65. The molecule has 9 N–H and O–H groups in total. The molecule has 2 aliphatic heterocycles. The van der Waals surface area contributed by atoms with E-state index in [-0.39, 0.29) is 18.9 Å². The van der Waals surface area contributed by atoms with E-state index in [1.165, 1.54) is 0 Å². The number of aliphatic hydroxyl groups excluding tert-OH is 8. The lowest BCUT2D eigenvalue weighted by Gasteiger charge is -2.46. The zero-order chi connectivity index (χ0) is 51.0. The second-order valence-corrected chi connectivity index (χ2v) is 18.3. The predicted octanol–water partition coefficient (Wildman–Crippen LogP) is 7.54. The fourth-order valence-electron chi connectivity index (χ4n) is 8.01. The Kier molecular flexibility index (Phi) is 37.3. The van der Waals surface area contributed by atoms with Gasteiger partial charge < -0.3 is 65.1 Å². The third-order valence-electron chi connectivity index (χ3n) is 12.3. The number of hydrogen-bond donors (Lipinski definition) is 9. The molecule has 0 aromatic rings. The smallest absolute Gasteiger partial charge is 0.220 e. The van der Waals surface area contributed by atoms with Crippen LogP contribution in [0.2, 0.25) is 0 Å². The van der Waals surface area contributed by atoms with Gasteiger partial charge in [-0.25, -0.2) is 0 Å². The minimum Gasteiger partial charge on any atom is -0.394 e. The minimum absolute atomic E-state index is 0.235. The Balaban J connectivity index is 1.64. The fourth-order valence-corrected chi connectivity index (χ4v) is 8.01. The number of aliphatic hydroxyl groups is 8. The van der Waals surface area contributed by atoms with E-state index >= 15 is 0 Å². The number of hydrogen-bond acceptors (Lipinski definition) is 13. The number of rotatable bonds is 39. The van der Waals surface area contributed by atoms with Crippen molar-refractivity contribution >= 4 is 5.91 Å². The highest BCUT2D eigenvalue weighted by Gasteiger charge is 2.51. The SMILES string of the molecule is CC/C=C\C/C=C\C/C=C\C/C=C\C/C=C\C/C=C\C/C=C\C/C=C\CCCCCCCCC(=O)NC(COC1OC(CO)C(OC2OC(CO)C(O)C(O)C2O)C(O)C1O)C(O)CCCCCCC. The summed E-state index contributed by atoms with van der Waals surface area (Å²) >= 11 is 0. The number of carbonyl (C=O) groups is 1. The van der Waals surface area contributed by atoms with E-state index in [2.05, 4.69) is 116 Å². The molecule has 2 aliphatic rings. The second kappa shape index (κ2) is 41.4. The molecule has 2 heterocycles. The molecule has 2 rings (SSSR count). The van der Waals surface area contributed by atoms with E-state index in [4.69, 9.17) is 18.9 Å². The molecule has 0 saturated carbocycles. The normalized spacial score (nSPS) is 26.8. The van der Waals surface area contributed by atoms with Crippen LogP contribution in [0.4, 0.5) is 0 Å². The van der Waals surface area contributed by atoms with Crippen LogP contribution in [0.5, 0.6) is 0 Å². The van der Waals surface area contributed by atoms with Crippen LogP contribution in [0.3, 0.4) is 0 Å². The maximum Gasteiger partial charge on any atom is 0.220 e. The van der Waals surface area contributed by atoms with Crippen molar-refractivity contribution in [3.05, 3.63) is 97.2 Å². The van der Waals surface area contributed by atoms with Crippen molar-refractivity contribution in [2.45, 2.75) is 229 Å². The van der Waals surface area contributed by atoms with Crippen molar-refractivity contribution in [3.63, 3.8) is 0 Å². The van der Waals surface area contributed by atoms with E-state index in [0.29, 0.717) is 12.8 Å². The van der Waals surface area contributed by atoms with Crippen LogP contribution in [0.15, 0.2) is 97.2 Å². The summed E-state index contributed by atoms with van der Waals surface area (Å²) in [6.45, 7) is 2.59. The molecule has 1 amide bonds. The van der Waals surface area contributed by atoms with Crippen LogP contribution in [0.25, 0.3) is 0 Å². The first-order valence-electron chi connectivity index (χ1n) is 26.5. The molecule has 70 heavy (non-hydrogen) atoms. The first-order valence-corrected chi connectivity index (χ1v) is 26.5. The molecule has 2 saturated heterocycles. The lowest BCUT2D eigenvalue weighted by atomic mass is 9.97. The van der Waals surface area contributed by atoms with Crippen molar-refractivity contribution in [1.82, 2.24) is 5.32 Å². The zero-order valence-electron chi connectivity index (χ0n) is 42.5. The first kappa shape index (κ1) is 63.0. The van der Waals surface area contributed by atoms with Gasteiger partial charge in [0.15, 0.2) is 12.6 Å². The largest absolute Gasteiger partial charge is 0.394 e. The first-order chi connectivity index (χ1) is 34.1. The summed E-state index contributed by atoms with van der Waals surface area (Å²) in [4.78, 5) is 13.1. The molecule has 0 aromatic heterocycles. The number of nitrogens with one attached hydrogen (secondary N) is 1. The molecule has 2 fully saturated rings. The molecular formula is C56H93NO13. The Morgan fingerprint density at radius 1 is 0.529 bits per heavy atom. The van der Waals surface area contributed by atoms with E-state index < -0.39 is 86.8 Å². The quantitative estimate of drug-likeness (QED) is 0.0215. The Morgan fingerprint density at radius 2 is 0.986 bits per heavy atom. The summed E-state index contributed by atoms with van der Waals surface area (Å²) in [5.74, 6) is -0.235. The molecule has 0 aliphatic carbocycles. The Morgan fingerprint density at radius 3 is 1.51 bits per heavy atom. The maximum atomic E-state index is 13.1. The van der Waals surface area contributed by atoms with E-state index in [1.54, 1.807) is 0 Å². The van der Waals surface area contributed by atoms with E-state index in [0.717, 1.165) is 122 Å². The van der Waals surface area contributed by atoms with Gasteiger partial charge in [0, 0.05) is 6.42 Å². The Hall–Kier alpha value is -3.09. The summed E-state index contributed by atoms with van der Waals surface area (Å²) in [7, 11) is 0. The highest BCUT2D eigenvalue weighted by molar-refractivity contribution is 5.76. The predicted molar refractivity (Wildman–Crippen MR) is 276 cm³/mol. The van der Waals surface area contributed by atoms with Gasteiger partial charge in [-0.2, -0.15) is 0 Å². The average molecular weight is 988 g/mol. The van der Waals surface area contributed by atoms with Crippen LogP contribution in [-0.4, -0.2) is 140 Å². The maximum absolute atomic E-state index is 13.1. The van der Waals surface area contributed by atoms with Gasteiger partial charge in [-0.3, -0.25) is 4.79 Å². The summed E-state index contributed by atoms with van der Waals surface area (Å²) in [5, 5.41) is 86.4. The Labute approximate surface area is 420 Å². The van der Waals surface area contributed by atoms with Gasteiger partial charge in [-0.05, 0) is 77.0 Å². The molecule has 0 bridgehead atoms. The van der Waals surface area contributed by atoms with Crippen molar-refractivity contribution < 1.29 is 64.6 Å². The Bertz CT molecular complexity index is 1540. The standard InChI is InChI=1S/C56H93NO13/c1-3-5-7-9-10-11-12-13-14-15-16-17-18-19-20-21-22-23-24-25-26-27-28-29-30-31-32-33-34-36-38-40-48(61)57-44(45(60)39-37-35-8-6-4-2)43-67-55-53(66)51(64)54(47(42-59)69-55)70-56-52(65)50(63)49(62)46(41-58)68-56/h5,7,10-11,13-14,16-17,19-20,22-23,25-26,28-29,44-47,49-56,58-60,62-66H,3-4,6,8-9,12,15,18,21,24,27,30-43H2,1-2H3,(H,57,61)/b7-5-,11-10-,14-13-,17-16-,20-19-,23-22-,26-25-,29-28-. The van der Waals surface area contributed by atoms with Gasteiger partial charge in [0.1, 0.15) is 48.8 Å². The summed E-state index contributed by atoms with van der Waals surface area (Å²) in [6.07, 6.45) is 39.1. The van der Waals surface area contributed by atoms with Crippen molar-refractivity contribution in [2.24, 2.45) is 0 Å². The van der Waals surface area contributed by atoms with Crippen LogP contribution in [-0.2, 0) is 23.7 Å². The zero-order valence-corrected chi connectivity index (χ0v) is 42.5. The van der Waals surface area contributed by atoms with Gasteiger partial charge in [0.2, 0.25) is 5.91 Å². The monoisotopic (exact) mass is 988 g/mol. The topological polar surface area (TPSA) is 228 Å². The van der Waals surface area contributed by atoms with Gasteiger partial charge >= 0.3 is 0 Å². The fraction of sp³-hybridized carbons (Fsp3) is 0.696. The van der Waals surface area contributed by atoms with Gasteiger partial charge in [0.05, 0.1) is 32.0 Å². The van der Waals surface area contributed by atoms with Crippen LogP contribution in [0.1, 0.15) is 155 Å². The van der Waals surface area contributed by atoms with Gasteiger partial charge in [-0.15, -0.1) is 0 Å². The van der Waals surface area contributed by atoms with Gasteiger partial charge in [0.25, 0.3) is 0 Å². The summed E-state index contributed by atoms with van der Waals surface area (Å²) in [6, 6.07) is -0.839. The van der Waals surface area contributed by atoms with Crippen LogP contribution in [0, 0.1) is 0 Å². The molecule has 12 unspecified atom stereocenters. The summed E-state index contributed by atoms with van der Waals surface area (Å²) in [5.41, 5.74) is 0. The minimum atomic E-state index is -1.79. The third kappa shape index (κ3) is 27.7. The molecule has 0 aromatic carbocycles. The van der Waals surface area contributed by atoms with Crippen molar-refractivity contribution in [2.75, 3.05) is 19.8 Å². The number of ether oxygens (including phenoxy) is 4. The molecular weight excluding hydrogens is 895 g/mol. The number of allylic oxidation sites excluding steroid dienone is 16. The highest BCUT2D eigenvalue weighted by Crippen LogP contribution is 2.30. The van der Waals surface area contributed by atoms with Crippen molar-refractivity contribution in [3.8, 4) is 0 Å². The molecule has 14 nitrogen and oxygen atoms in total. The molecule has 12 atom stereocenters. The molecule has 400 valence electrons. The summed E-state index contributed by atoms with van der Waals surface area (Å²) < 4.78 is 22.6. The van der Waals surface area contributed by atoms with Crippen LogP contribution < -0.4 is 5.32 Å². The number of unbranched alkanes of at least 4 members (excludes halogenated alkanes) is 10. The van der Waals surface area contributed by atoms with E-state index in [9.17, 15) is 45.6 Å². The average Bonchev–Trinajstić information content (AvgIpc) is 3.36. The molecule has 14 heteroatoms. The molecule has 0 radical (unpaired) electrons. The van der Waals surface area contributed by atoms with Crippen molar-refractivity contribution in [1.29, 1.82) is 0 Å².